The zero-order valence-electron chi connectivity index (χ0n) is 15.7. The lowest BCUT2D eigenvalue weighted by Gasteiger charge is -2.22. The number of hydrogen-bond acceptors (Lipinski definition) is 7. The minimum atomic E-state index is -0.281. The normalized spacial score (nSPS) is 17.2. The molecular formula is C18H26N6O2. The number of H-pyrrole nitrogens is 1. The van der Waals surface area contributed by atoms with Gasteiger partial charge >= 0.3 is 0 Å². The predicted molar refractivity (Wildman–Crippen MR) is 98.6 cm³/mol. The molecule has 0 atom stereocenters. The average Bonchev–Trinajstić information content (AvgIpc) is 3.05. The van der Waals surface area contributed by atoms with Crippen molar-refractivity contribution in [2.45, 2.75) is 51.9 Å². The van der Waals surface area contributed by atoms with Gasteiger partial charge in [0.25, 0.3) is 11.4 Å². The third-order valence-electron chi connectivity index (χ3n) is 4.43. The summed E-state index contributed by atoms with van der Waals surface area (Å²) in [6, 6.07) is 1.57. The van der Waals surface area contributed by atoms with Crippen LogP contribution in [0, 0.1) is 0 Å². The molecule has 1 aliphatic rings. The van der Waals surface area contributed by atoms with Gasteiger partial charge in [0.1, 0.15) is 5.82 Å². The number of hydrogen-bond donors (Lipinski definition) is 3. The van der Waals surface area contributed by atoms with Crippen LogP contribution in [0.5, 0.6) is 0 Å². The van der Waals surface area contributed by atoms with E-state index in [1.165, 1.54) is 0 Å². The molecule has 3 rings (SSSR count). The number of aromatic nitrogens is 4. The summed E-state index contributed by atoms with van der Waals surface area (Å²) in [6.45, 7) is 9.54. The Hall–Kier alpha value is -2.48. The zero-order valence-corrected chi connectivity index (χ0v) is 15.7. The molecule has 0 unspecified atom stereocenters. The number of nitrogens with zero attached hydrogens (tertiary/aromatic N) is 3. The van der Waals surface area contributed by atoms with Crippen LogP contribution in [0.3, 0.4) is 0 Å². The zero-order chi connectivity index (χ0) is 18.9. The average molecular weight is 358 g/mol. The van der Waals surface area contributed by atoms with E-state index in [0.717, 1.165) is 31.6 Å². The van der Waals surface area contributed by atoms with Crippen molar-refractivity contribution in [3.63, 3.8) is 0 Å². The summed E-state index contributed by atoms with van der Waals surface area (Å²) in [7, 11) is 0. The van der Waals surface area contributed by atoms with Crippen molar-refractivity contribution in [3.05, 3.63) is 45.4 Å². The van der Waals surface area contributed by atoms with Gasteiger partial charge in [-0.25, -0.2) is 4.98 Å². The van der Waals surface area contributed by atoms with Crippen molar-refractivity contribution in [2.75, 3.05) is 13.1 Å². The number of piperidine rings is 1. The minimum Gasteiger partial charge on any atom is -0.420 e. The second kappa shape index (κ2) is 7.03. The standard InChI is InChI=1S/C18H26N6O2/c1-10(19)14(16-23-24-17(26-16)18(2,3)4)15-21-12(9-13(25)22-15)11-5-7-20-8-6-11/h9,11,20H,5-8,19H2,1-4H3,(H,21,22,25). The van der Waals surface area contributed by atoms with Crippen LogP contribution in [0.15, 0.2) is 21.0 Å². The van der Waals surface area contributed by atoms with Crippen molar-refractivity contribution in [2.24, 2.45) is 5.73 Å². The first-order valence-electron chi connectivity index (χ1n) is 8.89. The van der Waals surface area contributed by atoms with E-state index in [2.05, 4.69) is 25.5 Å². The number of allylic oxidation sites excluding steroid dienone is 1. The third-order valence-corrected chi connectivity index (χ3v) is 4.43. The predicted octanol–water partition coefficient (Wildman–Crippen LogP) is 1.66. The fraction of sp³-hybridized carbons (Fsp3) is 0.556. The van der Waals surface area contributed by atoms with Crippen LogP contribution < -0.4 is 16.6 Å². The molecule has 1 aliphatic heterocycles. The molecule has 8 heteroatoms. The minimum absolute atomic E-state index is 0.210. The van der Waals surface area contributed by atoms with Crippen molar-refractivity contribution in [1.29, 1.82) is 0 Å². The Morgan fingerprint density at radius 3 is 2.54 bits per heavy atom. The van der Waals surface area contributed by atoms with Gasteiger partial charge in [-0.1, -0.05) is 20.8 Å². The van der Waals surface area contributed by atoms with E-state index in [9.17, 15) is 4.79 Å². The Kier molecular flexibility index (Phi) is 4.95. The number of rotatable bonds is 3. The molecule has 8 nitrogen and oxygen atoms in total. The van der Waals surface area contributed by atoms with Crippen LogP contribution in [0.25, 0.3) is 5.57 Å². The van der Waals surface area contributed by atoms with Gasteiger partial charge in [0.2, 0.25) is 5.89 Å². The van der Waals surface area contributed by atoms with Crippen LogP contribution in [0.2, 0.25) is 0 Å². The number of nitrogens with one attached hydrogen (secondary N) is 2. The van der Waals surface area contributed by atoms with Gasteiger partial charge in [0.15, 0.2) is 0 Å². The van der Waals surface area contributed by atoms with Gasteiger partial charge in [0, 0.05) is 23.1 Å². The monoisotopic (exact) mass is 358 g/mol. The summed E-state index contributed by atoms with van der Waals surface area (Å²) < 4.78 is 5.82. The van der Waals surface area contributed by atoms with Crippen molar-refractivity contribution >= 4 is 5.57 Å². The Morgan fingerprint density at radius 1 is 1.27 bits per heavy atom. The first-order chi connectivity index (χ1) is 12.3. The number of aromatic amines is 1. The molecule has 1 fully saturated rings. The van der Waals surface area contributed by atoms with Gasteiger partial charge in [0.05, 0.1) is 11.3 Å². The molecule has 2 aromatic heterocycles. The maximum atomic E-state index is 12.2. The summed E-state index contributed by atoms with van der Waals surface area (Å²) in [5.74, 6) is 1.39. The Labute approximate surface area is 152 Å². The molecule has 3 heterocycles. The molecule has 26 heavy (non-hydrogen) atoms. The number of nitrogens with two attached hydrogens (primary N) is 1. The lowest BCUT2D eigenvalue weighted by Crippen LogP contribution is -2.28. The highest BCUT2D eigenvalue weighted by molar-refractivity contribution is 5.73. The Morgan fingerprint density at radius 2 is 1.96 bits per heavy atom. The van der Waals surface area contributed by atoms with Gasteiger partial charge in [-0.05, 0) is 32.9 Å². The van der Waals surface area contributed by atoms with Crippen LogP contribution >= 0.6 is 0 Å². The molecule has 1 saturated heterocycles. The quantitative estimate of drug-likeness (QED) is 0.762. The summed E-state index contributed by atoms with van der Waals surface area (Å²) in [4.78, 5) is 19.7. The SMILES string of the molecule is CC(N)=C(c1nc(C2CCNCC2)cc(=O)[nH]1)c1nnc(C(C)(C)C)o1. The fourth-order valence-corrected chi connectivity index (χ4v) is 3.01. The highest BCUT2D eigenvalue weighted by Crippen LogP contribution is 2.28. The van der Waals surface area contributed by atoms with E-state index < -0.39 is 0 Å². The first-order valence-corrected chi connectivity index (χ1v) is 8.89. The molecule has 0 spiro atoms. The molecule has 0 bridgehead atoms. The molecule has 0 amide bonds. The Balaban J connectivity index is 2.04. The lowest BCUT2D eigenvalue weighted by atomic mass is 9.94. The van der Waals surface area contributed by atoms with Crippen molar-refractivity contribution in [3.8, 4) is 0 Å². The van der Waals surface area contributed by atoms with Crippen LogP contribution in [0.1, 0.15) is 69.8 Å². The van der Waals surface area contributed by atoms with E-state index in [1.54, 1.807) is 13.0 Å². The largest absolute Gasteiger partial charge is 0.420 e. The van der Waals surface area contributed by atoms with E-state index in [1.807, 2.05) is 20.8 Å². The molecular weight excluding hydrogens is 332 g/mol. The molecule has 0 aromatic carbocycles. The molecule has 0 saturated carbocycles. The topological polar surface area (TPSA) is 123 Å². The van der Waals surface area contributed by atoms with E-state index in [0.29, 0.717) is 23.0 Å². The van der Waals surface area contributed by atoms with E-state index in [4.69, 9.17) is 10.2 Å². The second-order valence-corrected chi connectivity index (χ2v) is 7.76. The van der Waals surface area contributed by atoms with Crippen molar-refractivity contribution in [1.82, 2.24) is 25.5 Å². The molecule has 0 aliphatic carbocycles. The van der Waals surface area contributed by atoms with Gasteiger partial charge in [-0.15, -0.1) is 10.2 Å². The van der Waals surface area contributed by atoms with Crippen LogP contribution in [-0.4, -0.2) is 33.3 Å². The third kappa shape index (κ3) is 3.85. The summed E-state index contributed by atoms with van der Waals surface area (Å²) in [5.41, 5.74) is 7.29. The van der Waals surface area contributed by atoms with Gasteiger partial charge < -0.3 is 20.5 Å². The van der Waals surface area contributed by atoms with Gasteiger partial charge in [-0.2, -0.15) is 0 Å². The second-order valence-electron chi connectivity index (χ2n) is 7.76. The van der Waals surface area contributed by atoms with E-state index >= 15 is 0 Å². The smallest absolute Gasteiger partial charge is 0.253 e. The maximum Gasteiger partial charge on any atom is 0.253 e. The summed E-state index contributed by atoms with van der Waals surface area (Å²) in [5, 5.41) is 11.6. The van der Waals surface area contributed by atoms with Crippen molar-refractivity contribution < 1.29 is 4.42 Å². The van der Waals surface area contributed by atoms with Crippen LogP contribution in [0.4, 0.5) is 0 Å². The molecule has 4 N–H and O–H groups in total. The summed E-state index contributed by atoms with van der Waals surface area (Å²) >= 11 is 0. The molecule has 0 radical (unpaired) electrons. The Bertz CT molecular complexity index is 864. The van der Waals surface area contributed by atoms with E-state index in [-0.39, 0.29) is 22.8 Å². The highest BCUT2D eigenvalue weighted by atomic mass is 16.4. The lowest BCUT2D eigenvalue weighted by molar-refractivity contribution is 0.387. The first kappa shape index (κ1) is 18.3. The molecule has 2 aromatic rings. The van der Waals surface area contributed by atoms with Crippen LogP contribution in [-0.2, 0) is 5.41 Å². The summed E-state index contributed by atoms with van der Waals surface area (Å²) in [6.07, 6.45) is 1.90. The van der Waals surface area contributed by atoms with Gasteiger partial charge in [-0.3, -0.25) is 4.79 Å². The molecule has 140 valence electrons. The highest BCUT2D eigenvalue weighted by Gasteiger charge is 2.25. The maximum absolute atomic E-state index is 12.2. The fourth-order valence-electron chi connectivity index (χ4n) is 3.01.